The Morgan fingerprint density at radius 3 is 2.80 bits per heavy atom. The van der Waals surface area contributed by atoms with Gasteiger partial charge in [-0.3, -0.25) is 0 Å². The van der Waals surface area contributed by atoms with Crippen molar-refractivity contribution in [1.29, 1.82) is 0 Å². The molecule has 0 atom stereocenters. The van der Waals surface area contributed by atoms with Crippen LogP contribution in [0.25, 0.3) is 10.9 Å². The Hall–Kier alpha value is -2.75. The third-order valence-electron chi connectivity index (χ3n) is 4.42. The maximum atomic E-state index is 12.1. The van der Waals surface area contributed by atoms with E-state index < -0.39 is 6.09 Å². The average molecular weight is 336 g/mol. The van der Waals surface area contributed by atoms with Crippen LogP contribution in [0.15, 0.2) is 48.7 Å². The largest absolute Gasteiger partial charge is 0.412 e. The van der Waals surface area contributed by atoms with E-state index in [1.807, 2.05) is 43.5 Å². The summed E-state index contributed by atoms with van der Waals surface area (Å²) in [6.07, 6.45) is 2.33. The van der Waals surface area contributed by atoms with Crippen molar-refractivity contribution in [2.45, 2.75) is 33.1 Å². The molecule has 130 valence electrons. The van der Waals surface area contributed by atoms with E-state index in [4.69, 9.17) is 4.74 Å². The van der Waals surface area contributed by atoms with Crippen LogP contribution in [0.1, 0.15) is 36.5 Å². The summed E-state index contributed by atoms with van der Waals surface area (Å²) in [5.41, 5.74) is 4.42. The van der Waals surface area contributed by atoms with E-state index in [0.29, 0.717) is 18.2 Å². The van der Waals surface area contributed by atoms with Crippen molar-refractivity contribution in [3.63, 3.8) is 0 Å². The van der Waals surface area contributed by atoms with E-state index in [2.05, 4.69) is 36.3 Å². The number of carbonyl (C=O) groups is 1. The lowest BCUT2D eigenvalue weighted by Crippen LogP contribution is -2.29. The van der Waals surface area contributed by atoms with E-state index in [0.717, 1.165) is 23.1 Å². The smallest absolute Gasteiger partial charge is 0.410 e. The maximum Gasteiger partial charge on any atom is 0.412 e. The molecule has 4 nitrogen and oxygen atoms in total. The number of aromatic amines is 1. The Kier molecular flexibility index (Phi) is 5.08. The van der Waals surface area contributed by atoms with Crippen molar-refractivity contribution < 1.29 is 9.53 Å². The third kappa shape index (κ3) is 4.02. The number of fused-ring (bicyclic) bond motifs is 1. The minimum absolute atomic E-state index is 0.396. The Bertz CT molecular complexity index is 880. The number of para-hydroxylation sites is 1. The van der Waals surface area contributed by atoms with Gasteiger partial charge >= 0.3 is 6.09 Å². The fraction of sp³-hybridized carbons (Fsp3) is 0.286. The first-order chi connectivity index (χ1) is 12.0. The second-order valence-electron chi connectivity index (χ2n) is 6.61. The average Bonchev–Trinajstić information content (AvgIpc) is 3.00. The molecule has 0 aliphatic carbocycles. The lowest BCUT2D eigenvalue weighted by molar-refractivity contribution is 0.200. The molecule has 2 aromatic carbocycles. The van der Waals surface area contributed by atoms with Gasteiger partial charge in [-0.25, -0.2) is 4.79 Å². The van der Waals surface area contributed by atoms with Crippen LogP contribution in [0.4, 0.5) is 4.79 Å². The molecule has 1 amide bonds. The van der Waals surface area contributed by atoms with Gasteiger partial charge in [0, 0.05) is 23.6 Å². The van der Waals surface area contributed by atoms with Gasteiger partial charge in [0.15, 0.2) is 0 Å². The molecule has 0 aliphatic rings. The number of hydrogen-bond donors (Lipinski definition) is 2. The Morgan fingerprint density at radius 1 is 1.20 bits per heavy atom. The van der Waals surface area contributed by atoms with Crippen LogP contribution >= 0.6 is 0 Å². The molecule has 0 saturated carbocycles. The predicted octanol–water partition coefficient (Wildman–Crippen LogP) is 4.93. The number of amides is 1. The van der Waals surface area contributed by atoms with E-state index in [-0.39, 0.29) is 0 Å². The SMILES string of the molecule is Cc1ccc(C(C)C)cc1OC(=O)NCCc1c[nH]c2ccccc12. The number of aryl methyl sites for hydroxylation is 1. The Balaban J connectivity index is 1.57. The molecular weight excluding hydrogens is 312 g/mol. The minimum atomic E-state index is -0.413. The van der Waals surface area contributed by atoms with E-state index in [1.54, 1.807) is 0 Å². The van der Waals surface area contributed by atoms with Crippen LogP contribution in [0, 0.1) is 6.92 Å². The zero-order valence-corrected chi connectivity index (χ0v) is 14.9. The van der Waals surface area contributed by atoms with Crippen LogP contribution in [0.2, 0.25) is 0 Å². The van der Waals surface area contributed by atoms with Crippen molar-refractivity contribution in [1.82, 2.24) is 10.3 Å². The van der Waals surface area contributed by atoms with Crippen molar-refractivity contribution in [3.8, 4) is 5.75 Å². The summed E-state index contributed by atoms with van der Waals surface area (Å²) in [4.78, 5) is 15.3. The zero-order valence-electron chi connectivity index (χ0n) is 14.9. The van der Waals surface area contributed by atoms with Gasteiger partial charge in [-0.05, 0) is 48.1 Å². The van der Waals surface area contributed by atoms with Crippen LogP contribution in [-0.2, 0) is 6.42 Å². The summed E-state index contributed by atoms with van der Waals surface area (Å²) < 4.78 is 5.49. The highest BCUT2D eigenvalue weighted by molar-refractivity contribution is 5.83. The number of carbonyl (C=O) groups excluding carboxylic acids is 1. The third-order valence-corrected chi connectivity index (χ3v) is 4.42. The summed E-state index contributed by atoms with van der Waals surface area (Å²) in [7, 11) is 0. The molecule has 4 heteroatoms. The number of H-pyrrole nitrogens is 1. The van der Waals surface area contributed by atoms with E-state index in [1.165, 1.54) is 10.9 Å². The van der Waals surface area contributed by atoms with Crippen molar-refractivity contribution in [2.24, 2.45) is 0 Å². The van der Waals surface area contributed by atoms with Crippen LogP contribution in [0.5, 0.6) is 5.75 Å². The second-order valence-corrected chi connectivity index (χ2v) is 6.61. The van der Waals surface area contributed by atoms with Gasteiger partial charge in [0.2, 0.25) is 0 Å². The predicted molar refractivity (Wildman–Crippen MR) is 101 cm³/mol. The molecular formula is C21H24N2O2. The fourth-order valence-corrected chi connectivity index (χ4v) is 2.86. The monoisotopic (exact) mass is 336 g/mol. The summed E-state index contributed by atoms with van der Waals surface area (Å²) in [5.74, 6) is 1.02. The van der Waals surface area contributed by atoms with Gasteiger partial charge < -0.3 is 15.0 Å². The summed E-state index contributed by atoms with van der Waals surface area (Å²) in [6.45, 7) is 6.72. The standard InChI is InChI=1S/C21H24N2O2/c1-14(2)16-9-8-15(3)20(12-16)25-21(24)22-11-10-17-13-23-19-7-5-4-6-18(17)19/h4-9,12-14,23H,10-11H2,1-3H3,(H,22,24). The van der Waals surface area contributed by atoms with Crippen molar-refractivity contribution in [3.05, 3.63) is 65.4 Å². The second kappa shape index (κ2) is 7.43. The molecule has 0 spiro atoms. The molecule has 0 saturated heterocycles. The zero-order chi connectivity index (χ0) is 17.8. The topological polar surface area (TPSA) is 54.1 Å². The normalized spacial score (nSPS) is 11.0. The number of aromatic nitrogens is 1. The van der Waals surface area contributed by atoms with Crippen LogP contribution in [-0.4, -0.2) is 17.6 Å². The van der Waals surface area contributed by atoms with Gasteiger partial charge in [-0.15, -0.1) is 0 Å². The first-order valence-electron chi connectivity index (χ1n) is 8.66. The molecule has 1 heterocycles. The molecule has 0 radical (unpaired) electrons. The van der Waals surface area contributed by atoms with Gasteiger partial charge in [-0.2, -0.15) is 0 Å². The molecule has 1 aromatic heterocycles. The highest BCUT2D eigenvalue weighted by Crippen LogP contribution is 2.24. The molecule has 3 rings (SSSR count). The number of nitrogens with one attached hydrogen (secondary N) is 2. The van der Waals surface area contributed by atoms with Gasteiger partial charge in [0.05, 0.1) is 0 Å². The van der Waals surface area contributed by atoms with E-state index >= 15 is 0 Å². The van der Waals surface area contributed by atoms with Gasteiger partial charge in [0.25, 0.3) is 0 Å². The minimum Gasteiger partial charge on any atom is -0.410 e. The van der Waals surface area contributed by atoms with Crippen molar-refractivity contribution >= 4 is 17.0 Å². The fourth-order valence-electron chi connectivity index (χ4n) is 2.86. The molecule has 2 N–H and O–H groups in total. The Labute approximate surface area is 148 Å². The number of hydrogen-bond acceptors (Lipinski definition) is 2. The number of rotatable bonds is 5. The summed E-state index contributed by atoms with van der Waals surface area (Å²) >= 11 is 0. The van der Waals surface area contributed by atoms with Crippen LogP contribution in [0.3, 0.4) is 0 Å². The maximum absolute atomic E-state index is 12.1. The highest BCUT2D eigenvalue weighted by Gasteiger charge is 2.10. The molecule has 0 bridgehead atoms. The molecule has 0 unspecified atom stereocenters. The summed E-state index contributed by atoms with van der Waals surface area (Å²) in [6, 6.07) is 14.2. The van der Waals surface area contributed by atoms with Gasteiger partial charge in [-0.1, -0.05) is 44.2 Å². The highest BCUT2D eigenvalue weighted by atomic mass is 16.6. The van der Waals surface area contributed by atoms with Crippen LogP contribution < -0.4 is 10.1 Å². The Morgan fingerprint density at radius 2 is 2.00 bits per heavy atom. The van der Waals surface area contributed by atoms with Crippen molar-refractivity contribution in [2.75, 3.05) is 6.54 Å². The van der Waals surface area contributed by atoms with Gasteiger partial charge in [0.1, 0.15) is 5.75 Å². The number of benzene rings is 2. The number of ether oxygens (including phenoxy) is 1. The molecule has 25 heavy (non-hydrogen) atoms. The first kappa shape index (κ1) is 17.1. The summed E-state index contributed by atoms with van der Waals surface area (Å²) in [5, 5.41) is 4.03. The lowest BCUT2D eigenvalue weighted by atomic mass is 10.0. The lowest BCUT2D eigenvalue weighted by Gasteiger charge is -2.12. The van der Waals surface area contributed by atoms with E-state index in [9.17, 15) is 4.79 Å². The molecule has 0 aliphatic heterocycles. The first-order valence-corrected chi connectivity index (χ1v) is 8.66. The molecule has 0 fully saturated rings. The quantitative estimate of drug-likeness (QED) is 0.694. The molecule has 3 aromatic rings.